The highest BCUT2D eigenvalue weighted by molar-refractivity contribution is 6.30. The molecule has 8 heteroatoms. The number of rotatable bonds is 6. The number of benzene rings is 1. The molecule has 1 heterocycles. The van der Waals surface area contributed by atoms with Crippen molar-refractivity contribution < 1.29 is 23.5 Å². The number of hydrogen-bond donors (Lipinski definition) is 1. The average Bonchev–Trinajstić information content (AvgIpc) is 2.66. The second-order valence-electron chi connectivity index (χ2n) is 8.31. The van der Waals surface area contributed by atoms with Gasteiger partial charge in [-0.1, -0.05) is 11.6 Å². The summed E-state index contributed by atoms with van der Waals surface area (Å²) in [6.07, 6.45) is 2.52. The summed E-state index contributed by atoms with van der Waals surface area (Å²) in [7, 11) is 0. The number of esters is 1. The van der Waals surface area contributed by atoms with Gasteiger partial charge in [0, 0.05) is 31.0 Å². The van der Waals surface area contributed by atoms with Crippen molar-refractivity contribution >= 4 is 23.5 Å². The third-order valence-corrected chi connectivity index (χ3v) is 6.18. The predicted molar refractivity (Wildman–Crippen MR) is 107 cm³/mol. The predicted octanol–water partition coefficient (Wildman–Crippen LogP) is 3.16. The summed E-state index contributed by atoms with van der Waals surface area (Å²) in [5, 5.41) is 0.333. The topological polar surface area (TPSA) is 81.9 Å². The first-order valence-corrected chi connectivity index (χ1v) is 10.4. The molecule has 0 radical (unpaired) electrons. The lowest BCUT2D eigenvalue weighted by molar-refractivity contribution is -0.149. The van der Waals surface area contributed by atoms with Crippen molar-refractivity contribution in [1.82, 2.24) is 4.90 Å². The molecule has 2 aliphatic rings. The Balaban J connectivity index is 1.44. The number of nitrogens with zero attached hydrogens (tertiary/aromatic N) is 1. The third kappa shape index (κ3) is 5.39. The van der Waals surface area contributed by atoms with Gasteiger partial charge in [-0.2, -0.15) is 0 Å². The standard InChI is InChI=1S/C21H28ClFN2O4/c1-13(29-19-4-3-17(22)9-18(19)23)15-5-7-25(8-6-15)20(27)16-10-21(24,11-16)12-28-14(2)26/h3-4,9,13,15-16H,5-8,10-12,24H2,1-2H3. The molecule has 0 spiro atoms. The molecule has 1 aromatic rings. The molecule has 1 aromatic carbocycles. The molecule has 1 atom stereocenters. The Morgan fingerprint density at radius 2 is 2.00 bits per heavy atom. The van der Waals surface area contributed by atoms with Crippen molar-refractivity contribution in [2.24, 2.45) is 17.6 Å². The molecule has 160 valence electrons. The summed E-state index contributed by atoms with van der Waals surface area (Å²) in [5.74, 6) is -0.383. The lowest BCUT2D eigenvalue weighted by Gasteiger charge is -2.46. The zero-order chi connectivity index (χ0) is 21.2. The quantitative estimate of drug-likeness (QED) is 0.706. The Morgan fingerprint density at radius 3 is 2.59 bits per heavy atom. The fourth-order valence-corrected chi connectivity index (χ4v) is 4.33. The summed E-state index contributed by atoms with van der Waals surface area (Å²) in [4.78, 5) is 25.5. The number of carbonyl (C=O) groups excluding carboxylic acids is 2. The summed E-state index contributed by atoms with van der Waals surface area (Å²) in [6, 6.07) is 4.38. The minimum Gasteiger partial charge on any atom is -0.487 e. The van der Waals surface area contributed by atoms with E-state index < -0.39 is 11.4 Å². The SMILES string of the molecule is CC(=O)OCC1(N)CC(C(=O)N2CCC(C(C)Oc3ccc(Cl)cc3F)CC2)C1. The second-order valence-corrected chi connectivity index (χ2v) is 8.74. The first kappa shape index (κ1) is 21.8. The van der Waals surface area contributed by atoms with Crippen molar-refractivity contribution in [1.29, 1.82) is 0 Å². The summed E-state index contributed by atoms with van der Waals surface area (Å²) in [5.41, 5.74) is 5.57. The average molecular weight is 427 g/mol. The molecule has 1 aliphatic heterocycles. The lowest BCUT2D eigenvalue weighted by Crippen LogP contribution is -2.60. The van der Waals surface area contributed by atoms with E-state index in [4.69, 9.17) is 26.8 Å². The first-order valence-electron chi connectivity index (χ1n) is 9.99. The van der Waals surface area contributed by atoms with E-state index in [0.717, 1.165) is 12.8 Å². The van der Waals surface area contributed by atoms with E-state index >= 15 is 0 Å². The maximum absolute atomic E-state index is 13.9. The van der Waals surface area contributed by atoms with Gasteiger partial charge in [0.25, 0.3) is 0 Å². The number of hydrogen-bond acceptors (Lipinski definition) is 5. The van der Waals surface area contributed by atoms with Crippen molar-refractivity contribution in [3.8, 4) is 5.75 Å². The second kappa shape index (κ2) is 8.88. The molecule has 0 bridgehead atoms. The van der Waals surface area contributed by atoms with Crippen molar-refractivity contribution in [2.75, 3.05) is 19.7 Å². The number of ether oxygens (including phenoxy) is 2. The van der Waals surface area contributed by atoms with Crippen LogP contribution in [0.1, 0.15) is 39.5 Å². The number of likely N-dealkylation sites (tertiary alicyclic amines) is 1. The van der Waals surface area contributed by atoms with Gasteiger partial charge in [0.1, 0.15) is 6.61 Å². The van der Waals surface area contributed by atoms with Gasteiger partial charge in [0.15, 0.2) is 11.6 Å². The van der Waals surface area contributed by atoms with Gasteiger partial charge in [0.05, 0.1) is 11.6 Å². The molecule has 0 aromatic heterocycles. The van der Waals surface area contributed by atoms with E-state index in [2.05, 4.69) is 0 Å². The van der Waals surface area contributed by atoms with E-state index in [0.29, 0.717) is 31.0 Å². The van der Waals surface area contributed by atoms with Crippen LogP contribution in [0.15, 0.2) is 18.2 Å². The molecule has 29 heavy (non-hydrogen) atoms. The molecular formula is C21H28ClFN2O4. The van der Waals surface area contributed by atoms with E-state index in [1.165, 1.54) is 19.1 Å². The van der Waals surface area contributed by atoms with Crippen LogP contribution in [0.25, 0.3) is 0 Å². The van der Waals surface area contributed by atoms with Gasteiger partial charge in [-0.25, -0.2) is 4.39 Å². The van der Waals surface area contributed by atoms with Crippen LogP contribution in [0.3, 0.4) is 0 Å². The van der Waals surface area contributed by atoms with Crippen LogP contribution >= 0.6 is 11.6 Å². The van der Waals surface area contributed by atoms with E-state index in [1.54, 1.807) is 6.07 Å². The number of halogens is 2. The minimum atomic E-state index is -0.588. The molecule has 2 fully saturated rings. The molecule has 2 N–H and O–H groups in total. The van der Waals surface area contributed by atoms with Crippen LogP contribution in [0.4, 0.5) is 4.39 Å². The summed E-state index contributed by atoms with van der Waals surface area (Å²) < 4.78 is 24.7. The first-order chi connectivity index (χ1) is 13.7. The summed E-state index contributed by atoms with van der Waals surface area (Å²) in [6.45, 7) is 4.74. The van der Waals surface area contributed by atoms with Crippen LogP contribution in [-0.4, -0.2) is 48.1 Å². The van der Waals surface area contributed by atoms with E-state index in [1.807, 2.05) is 11.8 Å². The monoisotopic (exact) mass is 426 g/mol. The molecule has 1 saturated heterocycles. The Kier molecular flexibility index (Phi) is 6.69. The number of nitrogens with two attached hydrogens (primary N) is 1. The van der Waals surface area contributed by atoms with Gasteiger partial charge < -0.3 is 20.1 Å². The third-order valence-electron chi connectivity index (χ3n) is 5.94. The summed E-state index contributed by atoms with van der Waals surface area (Å²) >= 11 is 5.78. The highest BCUT2D eigenvalue weighted by atomic mass is 35.5. The normalized spacial score (nSPS) is 25.8. The molecule has 6 nitrogen and oxygen atoms in total. The van der Waals surface area contributed by atoms with Crippen LogP contribution in [-0.2, 0) is 14.3 Å². The number of carbonyl (C=O) groups is 2. The van der Waals surface area contributed by atoms with Crippen LogP contribution < -0.4 is 10.5 Å². The molecular weight excluding hydrogens is 399 g/mol. The molecule has 3 rings (SSSR count). The Hall–Kier alpha value is -1.86. The van der Waals surface area contributed by atoms with Crippen molar-refractivity contribution in [2.45, 2.75) is 51.2 Å². The highest BCUT2D eigenvalue weighted by Crippen LogP contribution is 2.38. The van der Waals surface area contributed by atoms with Gasteiger partial charge in [-0.3, -0.25) is 9.59 Å². The Bertz CT molecular complexity index is 761. The van der Waals surface area contributed by atoms with Crippen molar-refractivity contribution in [3.63, 3.8) is 0 Å². The number of amides is 1. The molecule has 1 amide bonds. The van der Waals surface area contributed by atoms with Gasteiger partial charge in [-0.05, 0) is 56.7 Å². The Morgan fingerprint density at radius 1 is 1.34 bits per heavy atom. The van der Waals surface area contributed by atoms with Crippen molar-refractivity contribution in [3.05, 3.63) is 29.0 Å². The maximum Gasteiger partial charge on any atom is 0.302 e. The molecule has 1 saturated carbocycles. The van der Waals surface area contributed by atoms with Crippen LogP contribution in [0.5, 0.6) is 5.75 Å². The van der Waals surface area contributed by atoms with Gasteiger partial charge >= 0.3 is 5.97 Å². The molecule has 1 aliphatic carbocycles. The molecule has 1 unspecified atom stereocenters. The largest absolute Gasteiger partial charge is 0.487 e. The number of piperidine rings is 1. The minimum absolute atomic E-state index is 0.107. The zero-order valence-corrected chi connectivity index (χ0v) is 17.6. The van der Waals surface area contributed by atoms with Crippen LogP contribution in [0.2, 0.25) is 5.02 Å². The lowest BCUT2D eigenvalue weighted by atomic mass is 9.68. The van der Waals surface area contributed by atoms with Gasteiger partial charge in [-0.15, -0.1) is 0 Å². The van der Waals surface area contributed by atoms with Crippen LogP contribution in [0, 0.1) is 17.7 Å². The smallest absolute Gasteiger partial charge is 0.302 e. The highest BCUT2D eigenvalue weighted by Gasteiger charge is 2.47. The Labute approximate surface area is 175 Å². The van der Waals surface area contributed by atoms with E-state index in [9.17, 15) is 14.0 Å². The maximum atomic E-state index is 13.9. The zero-order valence-electron chi connectivity index (χ0n) is 16.8. The fourth-order valence-electron chi connectivity index (χ4n) is 4.17. The van der Waals surface area contributed by atoms with E-state index in [-0.39, 0.29) is 42.2 Å². The van der Waals surface area contributed by atoms with Gasteiger partial charge in [0.2, 0.25) is 5.91 Å². The fraction of sp³-hybridized carbons (Fsp3) is 0.619.